The summed E-state index contributed by atoms with van der Waals surface area (Å²) in [5, 5.41) is 4.51. The molecule has 0 spiro atoms. The maximum absolute atomic E-state index is 5.58. The summed E-state index contributed by atoms with van der Waals surface area (Å²) in [7, 11) is 6.54. The van der Waals surface area contributed by atoms with Gasteiger partial charge < -0.3 is 15.1 Å². The third-order valence-corrected chi connectivity index (χ3v) is 5.47. The van der Waals surface area contributed by atoms with Crippen LogP contribution in [0.15, 0.2) is 0 Å². The van der Waals surface area contributed by atoms with Crippen LogP contribution in [-0.4, -0.2) is 54.2 Å². The van der Waals surface area contributed by atoms with E-state index in [1.807, 2.05) is 0 Å². The van der Waals surface area contributed by atoms with Gasteiger partial charge in [0.15, 0.2) is 5.11 Å². The van der Waals surface area contributed by atoms with Crippen molar-refractivity contribution >= 4 is 17.3 Å². The van der Waals surface area contributed by atoms with Gasteiger partial charge in [-0.25, -0.2) is 0 Å². The van der Waals surface area contributed by atoms with E-state index in [1.165, 1.54) is 51.4 Å². The smallest absolute Gasteiger partial charge is 0.168 e. The number of likely N-dealkylation sites (N-methyl/N-ethyl adjacent to an activating group) is 2. The van der Waals surface area contributed by atoms with Gasteiger partial charge in [-0.05, 0) is 58.4 Å². The van der Waals surface area contributed by atoms with E-state index in [2.05, 4.69) is 36.3 Å². The fourth-order valence-electron chi connectivity index (χ4n) is 3.38. The third kappa shape index (κ3) is 3.60. The Balaban J connectivity index is 1.81. The van der Waals surface area contributed by atoms with Crippen LogP contribution in [0.5, 0.6) is 0 Å². The molecule has 2 fully saturated rings. The molecule has 0 aromatic rings. The molecule has 110 valence electrons. The van der Waals surface area contributed by atoms with Gasteiger partial charge in [-0.2, -0.15) is 0 Å². The molecule has 0 aromatic heterocycles. The zero-order valence-corrected chi connectivity index (χ0v) is 13.6. The summed E-state index contributed by atoms with van der Waals surface area (Å²) < 4.78 is 0. The molecule has 2 saturated carbocycles. The first-order valence-corrected chi connectivity index (χ1v) is 8.13. The zero-order valence-electron chi connectivity index (χ0n) is 12.7. The molecule has 0 radical (unpaired) electrons. The van der Waals surface area contributed by atoms with Gasteiger partial charge in [0.05, 0.1) is 0 Å². The standard InChI is InChI=1S/C15H29N3S/c1-17(2)15(10-7-11-15)12-18(3)14(19)16-13-8-5-4-6-9-13/h13H,4-12H2,1-3H3,(H,16,19). The van der Waals surface area contributed by atoms with Crippen LogP contribution >= 0.6 is 12.2 Å². The molecule has 0 bridgehead atoms. The first-order valence-electron chi connectivity index (χ1n) is 7.73. The summed E-state index contributed by atoms with van der Waals surface area (Å²) in [6, 6.07) is 0.611. The number of rotatable bonds is 4. The number of thiocarbonyl (C=S) groups is 1. The van der Waals surface area contributed by atoms with Gasteiger partial charge >= 0.3 is 0 Å². The average Bonchev–Trinajstić information content (AvgIpc) is 2.34. The lowest BCUT2D eigenvalue weighted by molar-refractivity contribution is 0.0427. The van der Waals surface area contributed by atoms with Crippen LogP contribution in [0.2, 0.25) is 0 Å². The molecule has 2 aliphatic carbocycles. The van der Waals surface area contributed by atoms with Crippen LogP contribution in [0, 0.1) is 0 Å². The maximum atomic E-state index is 5.58. The molecule has 0 aliphatic heterocycles. The first-order chi connectivity index (χ1) is 9.03. The highest BCUT2D eigenvalue weighted by Crippen LogP contribution is 2.36. The topological polar surface area (TPSA) is 18.5 Å². The van der Waals surface area contributed by atoms with Crippen molar-refractivity contribution in [3.63, 3.8) is 0 Å². The van der Waals surface area contributed by atoms with Crippen LogP contribution in [0.4, 0.5) is 0 Å². The van der Waals surface area contributed by atoms with Gasteiger partial charge in [0.2, 0.25) is 0 Å². The van der Waals surface area contributed by atoms with E-state index in [-0.39, 0.29) is 0 Å². The second kappa shape index (κ2) is 6.40. The minimum absolute atomic E-state index is 0.354. The molecule has 0 atom stereocenters. The van der Waals surface area contributed by atoms with Crippen LogP contribution in [0.3, 0.4) is 0 Å². The number of hydrogen-bond donors (Lipinski definition) is 1. The first kappa shape index (κ1) is 15.0. The molecule has 0 unspecified atom stereocenters. The summed E-state index contributed by atoms with van der Waals surface area (Å²) >= 11 is 5.58. The number of nitrogens with zero attached hydrogens (tertiary/aromatic N) is 2. The fraction of sp³-hybridized carbons (Fsp3) is 0.933. The van der Waals surface area contributed by atoms with E-state index in [0.29, 0.717) is 11.6 Å². The molecule has 0 aromatic carbocycles. The van der Waals surface area contributed by atoms with Crippen molar-refractivity contribution in [2.75, 3.05) is 27.7 Å². The molecule has 0 heterocycles. The maximum Gasteiger partial charge on any atom is 0.168 e. The summed E-state index contributed by atoms with van der Waals surface area (Å²) in [4.78, 5) is 4.64. The second-order valence-electron chi connectivity index (χ2n) is 6.61. The number of nitrogens with one attached hydrogen (secondary N) is 1. The van der Waals surface area contributed by atoms with Crippen molar-refractivity contribution < 1.29 is 0 Å². The van der Waals surface area contributed by atoms with Gasteiger partial charge in [0, 0.05) is 25.2 Å². The predicted octanol–water partition coefficient (Wildman–Crippen LogP) is 2.61. The summed E-state index contributed by atoms with van der Waals surface area (Å²) in [5.41, 5.74) is 0.354. The monoisotopic (exact) mass is 283 g/mol. The van der Waals surface area contributed by atoms with Gasteiger partial charge in [0.1, 0.15) is 0 Å². The molecule has 19 heavy (non-hydrogen) atoms. The third-order valence-electron chi connectivity index (χ3n) is 5.04. The minimum Gasteiger partial charge on any atom is -0.360 e. The molecular formula is C15H29N3S. The van der Waals surface area contributed by atoms with Crippen molar-refractivity contribution in [3.05, 3.63) is 0 Å². The van der Waals surface area contributed by atoms with Crippen molar-refractivity contribution in [3.8, 4) is 0 Å². The van der Waals surface area contributed by atoms with Crippen molar-refractivity contribution in [2.24, 2.45) is 0 Å². The molecule has 0 amide bonds. The Bertz CT molecular complexity index is 307. The van der Waals surface area contributed by atoms with Gasteiger partial charge in [-0.3, -0.25) is 0 Å². The Morgan fingerprint density at radius 2 is 1.74 bits per heavy atom. The van der Waals surface area contributed by atoms with E-state index < -0.39 is 0 Å². The lowest BCUT2D eigenvalue weighted by atomic mass is 9.75. The largest absolute Gasteiger partial charge is 0.360 e. The Morgan fingerprint density at radius 1 is 1.11 bits per heavy atom. The summed E-state index contributed by atoms with van der Waals surface area (Å²) in [6.45, 7) is 1.05. The zero-order chi connectivity index (χ0) is 13.9. The van der Waals surface area contributed by atoms with Crippen LogP contribution in [0.1, 0.15) is 51.4 Å². The molecule has 4 heteroatoms. The van der Waals surface area contributed by atoms with E-state index >= 15 is 0 Å². The Kier molecular flexibility index (Phi) is 5.07. The highest BCUT2D eigenvalue weighted by Gasteiger charge is 2.40. The van der Waals surface area contributed by atoms with Gasteiger partial charge in [-0.1, -0.05) is 19.3 Å². The highest BCUT2D eigenvalue weighted by molar-refractivity contribution is 7.80. The SMILES string of the molecule is CN(CC1(N(C)C)CCC1)C(=S)NC1CCCCC1. The van der Waals surface area contributed by atoms with E-state index in [4.69, 9.17) is 12.2 Å². The lowest BCUT2D eigenvalue weighted by Crippen LogP contribution is -2.59. The van der Waals surface area contributed by atoms with Crippen molar-refractivity contribution in [2.45, 2.75) is 62.9 Å². The predicted molar refractivity (Wildman–Crippen MR) is 85.5 cm³/mol. The van der Waals surface area contributed by atoms with Crippen molar-refractivity contribution in [1.82, 2.24) is 15.1 Å². The quantitative estimate of drug-likeness (QED) is 0.799. The minimum atomic E-state index is 0.354. The van der Waals surface area contributed by atoms with E-state index in [9.17, 15) is 0 Å². The van der Waals surface area contributed by atoms with Crippen molar-refractivity contribution in [1.29, 1.82) is 0 Å². The Labute approximate surface area is 123 Å². The second-order valence-corrected chi connectivity index (χ2v) is 7.00. The molecule has 0 saturated heterocycles. The molecule has 3 nitrogen and oxygen atoms in total. The molecule has 2 aliphatic rings. The average molecular weight is 283 g/mol. The molecule has 2 rings (SSSR count). The van der Waals surface area contributed by atoms with Crippen LogP contribution in [0.25, 0.3) is 0 Å². The lowest BCUT2D eigenvalue weighted by Gasteiger charge is -2.49. The van der Waals surface area contributed by atoms with Gasteiger partial charge in [0.25, 0.3) is 0 Å². The molecular weight excluding hydrogens is 254 g/mol. The van der Waals surface area contributed by atoms with E-state index in [0.717, 1.165) is 11.7 Å². The summed E-state index contributed by atoms with van der Waals surface area (Å²) in [6.07, 6.45) is 10.6. The van der Waals surface area contributed by atoms with Gasteiger partial charge in [-0.15, -0.1) is 0 Å². The summed E-state index contributed by atoms with van der Waals surface area (Å²) in [5.74, 6) is 0. The number of hydrogen-bond acceptors (Lipinski definition) is 2. The van der Waals surface area contributed by atoms with E-state index in [1.54, 1.807) is 0 Å². The fourth-order valence-corrected chi connectivity index (χ4v) is 3.61. The van der Waals surface area contributed by atoms with Crippen LogP contribution < -0.4 is 5.32 Å². The van der Waals surface area contributed by atoms with Crippen LogP contribution in [-0.2, 0) is 0 Å². The highest BCUT2D eigenvalue weighted by atomic mass is 32.1. The Morgan fingerprint density at radius 3 is 2.21 bits per heavy atom. The Hall–Kier alpha value is -0.350. The molecule has 1 N–H and O–H groups in total. The normalized spacial score (nSPS) is 22.9.